The van der Waals surface area contributed by atoms with Crippen molar-refractivity contribution in [1.29, 1.82) is 0 Å². The fourth-order valence-corrected chi connectivity index (χ4v) is 3.41. The molecule has 2 amide bonds. The first-order valence-corrected chi connectivity index (χ1v) is 8.86. The van der Waals surface area contributed by atoms with Crippen LogP contribution < -0.4 is 9.80 Å². The van der Waals surface area contributed by atoms with Crippen LogP contribution in [0.2, 0.25) is 0 Å². The van der Waals surface area contributed by atoms with Crippen LogP contribution in [0, 0.1) is 0 Å². The van der Waals surface area contributed by atoms with Crippen LogP contribution in [0.5, 0.6) is 0 Å². The minimum absolute atomic E-state index is 0.0206. The average Bonchev–Trinajstić information content (AvgIpc) is 2.92. The van der Waals surface area contributed by atoms with E-state index >= 15 is 0 Å². The van der Waals surface area contributed by atoms with Gasteiger partial charge in [0.15, 0.2) is 0 Å². The van der Waals surface area contributed by atoms with Crippen molar-refractivity contribution < 1.29 is 9.59 Å². The Bertz CT molecular complexity index is 627. The van der Waals surface area contributed by atoms with Crippen molar-refractivity contribution in [2.75, 3.05) is 21.7 Å². The van der Waals surface area contributed by atoms with E-state index in [2.05, 4.69) is 15.9 Å². The van der Waals surface area contributed by atoms with Crippen LogP contribution in [0.15, 0.2) is 36.0 Å². The van der Waals surface area contributed by atoms with Crippen LogP contribution in [0.4, 0.5) is 11.4 Å². The third-order valence-electron chi connectivity index (χ3n) is 4.10. The van der Waals surface area contributed by atoms with Gasteiger partial charge in [-0.2, -0.15) is 0 Å². The Morgan fingerprint density at radius 2 is 1.73 bits per heavy atom. The van der Waals surface area contributed by atoms with Gasteiger partial charge in [-0.3, -0.25) is 14.5 Å². The molecule has 1 aromatic carbocycles. The summed E-state index contributed by atoms with van der Waals surface area (Å²) in [5.41, 5.74) is 2.20. The monoisotopic (exact) mass is 362 g/mol. The summed E-state index contributed by atoms with van der Waals surface area (Å²) in [4.78, 5) is 28.1. The lowest BCUT2D eigenvalue weighted by Gasteiger charge is -2.35. The van der Waals surface area contributed by atoms with Crippen molar-refractivity contribution in [2.24, 2.45) is 0 Å². The molecule has 0 saturated heterocycles. The number of nitrogens with zero attached hydrogens (tertiary/aromatic N) is 2. The number of hydrogen-bond acceptors (Lipinski definition) is 2. The van der Waals surface area contributed by atoms with Gasteiger partial charge in [-0.1, -0.05) is 40.9 Å². The van der Waals surface area contributed by atoms with Gasteiger partial charge in [0.05, 0.1) is 11.4 Å². The molecule has 0 fully saturated rings. The number of carbonyl (C=O) groups is 2. The van der Waals surface area contributed by atoms with E-state index in [0.29, 0.717) is 18.7 Å². The second-order valence-corrected chi connectivity index (χ2v) is 6.36. The zero-order valence-corrected chi connectivity index (χ0v) is 14.0. The summed E-state index contributed by atoms with van der Waals surface area (Å²) in [5, 5.41) is 1.03. The second-order valence-electron chi connectivity index (χ2n) is 5.57. The molecular weight excluding hydrogens is 344 g/mol. The van der Waals surface area contributed by atoms with E-state index in [1.165, 1.54) is 6.42 Å². The van der Waals surface area contributed by atoms with E-state index in [1.54, 1.807) is 11.0 Å². The van der Waals surface area contributed by atoms with Gasteiger partial charge in [0.1, 0.15) is 5.70 Å². The largest absolute Gasteiger partial charge is 0.305 e. The van der Waals surface area contributed by atoms with E-state index in [1.807, 2.05) is 29.2 Å². The summed E-state index contributed by atoms with van der Waals surface area (Å²) >= 11 is 3.44. The van der Waals surface area contributed by atoms with Crippen molar-refractivity contribution in [2.45, 2.75) is 32.1 Å². The Labute approximate surface area is 138 Å². The normalized spacial score (nSPS) is 16.7. The van der Waals surface area contributed by atoms with Gasteiger partial charge in [-0.05, 0) is 31.1 Å². The molecule has 2 heterocycles. The molecule has 0 radical (unpaired) electrons. The Balaban J connectivity index is 1.81. The average molecular weight is 363 g/mol. The Morgan fingerprint density at radius 1 is 1.00 bits per heavy atom. The highest BCUT2D eigenvalue weighted by Crippen LogP contribution is 2.40. The molecular formula is C17H19BrN2O2. The Morgan fingerprint density at radius 3 is 2.50 bits per heavy atom. The van der Waals surface area contributed by atoms with E-state index in [9.17, 15) is 9.59 Å². The van der Waals surface area contributed by atoms with Gasteiger partial charge in [0.2, 0.25) is 5.91 Å². The molecule has 0 unspecified atom stereocenters. The van der Waals surface area contributed by atoms with Crippen LogP contribution in [0.1, 0.15) is 32.1 Å². The van der Waals surface area contributed by atoms with Gasteiger partial charge in [-0.25, -0.2) is 0 Å². The molecule has 3 rings (SSSR count). The van der Waals surface area contributed by atoms with Crippen LogP contribution >= 0.6 is 15.9 Å². The first-order chi connectivity index (χ1) is 10.7. The van der Waals surface area contributed by atoms with Gasteiger partial charge in [0.25, 0.3) is 5.91 Å². The molecule has 0 aliphatic carbocycles. The molecule has 0 atom stereocenters. The maximum absolute atomic E-state index is 12.7. The lowest BCUT2D eigenvalue weighted by Crippen LogP contribution is -2.44. The fraction of sp³-hybridized carbons (Fsp3) is 0.412. The molecule has 0 bridgehead atoms. The number of benzene rings is 1. The first-order valence-electron chi connectivity index (χ1n) is 7.74. The van der Waals surface area contributed by atoms with Gasteiger partial charge >= 0.3 is 0 Å². The molecule has 22 heavy (non-hydrogen) atoms. The van der Waals surface area contributed by atoms with E-state index in [0.717, 1.165) is 36.0 Å². The number of fused-ring (bicyclic) bond motifs is 3. The molecule has 0 N–H and O–H groups in total. The van der Waals surface area contributed by atoms with E-state index < -0.39 is 0 Å². The maximum atomic E-state index is 12.7. The predicted octanol–water partition coefficient (Wildman–Crippen LogP) is 3.61. The van der Waals surface area contributed by atoms with Gasteiger partial charge in [-0.15, -0.1) is 0 Å². The lowest BCUT2D eigenvalue weighted by molar-refractivity contribution is -0.119. The van der Waals surface area contributed by atoms with Crippen LogP contribution in [0.25, 0.3) is 0 Å². The minimum Gasteiger partial charge on any atom is -0.305 e. The zero-order valence-electron chi connectivity index (χ0n) is 12.4. The number of unbranched alkanes of at least 4 members (excludes halogenated alkanes) is 3. The highest BCUT2D eigenvalue weighted by Gasteiger charge is 2.39. The molecule has 0 saturated carbocycles. The maximum Gasteiger partial charge on any atom is 0.275 e. The summed E-state index contributed by atoms with van der Waals surface area (Å²) in [6.45, 7) is 0.706. The quantitative estimate of drug-likeness (QED) is 0.572. The van der Waals surface area contributed by atoms with Crippen molar-refractivity contribution in [3.63, 3.8) is 0 Å². The minimum atomic E-state index is -0.0509. The number of halogens is 1. The number of alkyl halides is 1. The smallest absolute Gasteiger partial charge is 0.275 e. The van der Waals surface area contributed by atoms with Crippen LogP contribution in [0.3, 0.4) is 0 Å². The zero-order chi connectivity index (χ0) is 15.5. The van der Waals surface area contributed by atoms with E-state index in [-0.39, 0.29) is 11.8 Å². The van der Waals surface area contributed by atoms with E-state index in [4.69, 9.17) is 0 Å². The molecule has 0 aromatic heterocycles. The number of hydrogen-bond donors (Lipinski definition) is 0. The summed E-state index contributed by atoms with van der Waals surface area (Å²) in [6, 6.07) is 7.66. The summed E-state index contributed by atoms with van der Waals surface area (Å²) in [6.07, 6.45) is 6.49. The number of amides is 2. The Kier molecular flexibility index (Phi) is 4.62. The molecule has 4 nitrogen and oxygen atoms in total. The highest BCUT2D eigenvalue weighted by atomic mass is 79.9. The molecule has 5 heteroatoms. The molecule has 1 aromatic rings. The first kappa shape index (κ1) is 15.3. The highest BCUT2D eigenvalue weighted by molar-refractivity contribution is 9.09. The number of anilines is 2. The third kappa shape index (κ3) is 2.70. The van der Waals surface area contributed by atoms with Crippen molar-refractivity contribution in [3.8, 4) is 0 Å². The topological polar surface area (TPSA) is 40.6 Å². The van der Waals surface area contributed by atoms with Crippen LogP contribution in [-0.2, 0) is 9.59 Å². The fourth-order valence-electron chi connectivity index (χ4n) is 3.02. The number of carbonyl (C=O) groups excluding carboxylic acids is 2. The molecule has 0 spiro atoms. The molecule has 2 aliphatic rings. The summed E-state index contributed by atoms with van der Waals surface area (Å²) in [5.74, 6) is -0.0715. The van der Waals surface area contributed by atoms with Crippen molar-refractivity contribution >= 4 is 39.1 Å². The van der Waals surface area contributed by atoms with Gasteiger partial charge < -0.3 is 4.90 Å². The second kappa shape index (κ2) is 6.65. The predicted molar refractivity (Wildman–Crippen MR) is 91.2 cm³/mol. The Hall–Kier alpha value is -1.62. The SMILES string of the molecule is O=C1C2=CCC(=O)N2c2ccccc2N1CCCCCCBr. The van der Waals surface area contributed by atoms with Crippen LogP contribution in [-0.4, -0.2) is 23.7 Å². The molecule has 116 valence electrons. The third-order valence-corrected chi connectivity index (χ3v) is 4.66. The van der Waals surface area contributed by atoms with Crippen molar-refractivity contribution in [3.05, 3.63) is 36.0 Å². The lowest BCUT2D eigenvalue weighted by atomic mass is 10.1. The number of rotatable bonds is 6. The van der Waals surface area contributed by atoms with Crippen molar-refractivity contribution in [1.82, 2.24) is 0 Å². The standard InChI is InChI=1S/C17H19BrN2O2/c18-11-5-1-2-6-12-19-13-7-3-4-8-14(13)20-15(17(19)22)9-10-16(20)21/h3-4,7-9H,1-2,5-6,10-12H2. The molecule has 2 aliphatic heterocycles. The van der Waals surface area contributed by atoms with Gasteiger partial charge in [0, 0.05) is 18.3 Å². The number of para-hydroxylation sites is 2. The summed E-state index contributed by atoms with van der Waals surface area (Å²) in [7, 11) is 0. The summed E-state index contributed by atoms with van der Waals surface area (Å²) < 4.78 is 0.